The maximum Gasteiger partial charge on any atom is -0.0172 e. The number of rotatable bonds is 1. The zero-order valence-electron chi connectivity index (χ0n) is 10.8. The highest BCUT2D eigenvalue weighted by molar-refractivity contribution is 5.21. The predicted molar refractivity (Wildman–Crippen MR) is 66.8 cm³/mol. The summed E-state index contributed by atoms with van der Waals surface area (Å²) in [4.78, 5) is 0. The third kappa shape index (κ3) is 2.14. The van der Waals surface area contributed by atoms with E-state index in [1.54, 1.807) is 5.57 Å². The Bertz CT molecular complexity index is 259. The van der Waals surface area contributed by atoms with Crippen LogP contribution in [0.5, 0.6) is 0 Å². The molecule has 0 bridgehead atoms. The van der Waals surface area contributed by atoms with Crippen molar-refractivity contribution in [3.8, 4) is 0 Å². The van der Waals surface area contributed by atoms with Crippen molar-refractivity contribution in [3.05, 3.63) is 11.1 Å². The van der Waals surface area contributed by atoms with Crippen molar-refractivity contribution >= 4 is 0 Å². The van der Waals surface area contributed by atoms with E-state index >= 15 is 0 Å². The van der Waals surface area contributed by atoms with Gasteiger partial charge in [0.1, 0.15) is 0 Å². The topological polar surface area (TPSA) is 0 Å². The first kappa shape index (κ1) is 11.2. The summed E-state index contributed by atoms with van der Waals surface area (Å²) in [7, 11) is 0. The van der Waals surface area contributed by atoms with Crippen LogP contribution in [0.2, 0.25) is 0 Å². The average Bonchev–Trinajstić information content (AvgIpc) is 2.43. The van der Waals surface area contributed by atoms with Gasteiger partial charge < -0.3 is 0 Å². The SMILES string of the molecule is CC1=C2CCC(C)C2CC(C(C)C)CC1. The molecule has 0 radical (unpaired) electrons. The summed E-state index contributed by atoms with van der Waals surface area (Å²) in [5, 5.41) is 0. The van der Waals surface area contributed by atoms with Crippen LogP contribution in [0.25, 0.3) is 0 Å². The first-order valence-corrected chi connectivity index (χ1v) is 6.78. The summed E-state index contributed by atoms with van der Waals surface area (Å²) < 4.78 is 0. The van der Waals surface area contributed by atoms with Gasteiger partial charge in [0.25, 0.3) is 0 Å². The molecule has 0 aliphatic heterocycles. The van der Waals surface area contributed by atoms with Crippen LogP contribution in [-0.2, 0) is 0 Å². The van der Waals surface area contributed by atoms with Crippen molar-refractivity contribution < 1.29 is 0 Å². The van der Waals surface area contributed by atoms with Gasteiger partial charge in [0.05, 0.1) is 0 Å². The highest BCUT2D eigenvalue weighted by Gasteiger charge is 2.34. The minimum Gasteiger partial charge on any atom is -0.0738 e. The van der Waals surface area contributed by atoms with E-state index in [0.29, 0.717) is 0 Å². The quantitative estimate of drug-likeness (QED) is 0.540. The minimum absolute atomic E-state index is 0.880. The van der Waals surface area contributed by atoms with E-state index in [1.807, 2.05) is 5.57 Å². The van der Waals surface area contributed by atoms with Gasteiger partial charge in [-0.15, -0.1) is 0 Å². The van der Waals surface area contributed by atoms with E-state index in [0.717, 1.165) is 23.7 Å². The Morgan fingerprint density at radius 3 is 2.53 bits per heavy atom. The van der Waals surface area contributed by atoms with Crippen LogP contribution in [0.15, 0.2) is 11.1 Å². The van der Waals surface area contributed by atoms with Crippen LogP contribution in [0.1, 0.15) is 59.8 Å². The zero-order chi connectivity index (χ0) is 11.0. The second-order valence-electron chi connectivity index (χ2n) is 6.21. The standard InChI is InChI=1S/C15H26/c1-10(2)13-7-5-11(3)14-8-6-12(4)15(14)9-13/h10,12-13,15H,5-9H2,1-4H3. The molecule has 3 atom stereocenters. The fourth-order valence-corrected chi connectivity index (χ4v) is 3.63. The number of allylic oxidation sites excluding steroid dienone is 2. The number of fused-ring (bicyclic) bond motifs is 1. The summed E-state index contributed by atoms with van der Waals surface area (Å²) in [5.41, 5.74) is 3.60. The highest BCUT2D eigenvalue weighted by atomic mass is 14.4. The normalized spacial score (nSPS) is 37.0. The van der Waals surface area contributed by atoms with Crippen LogP contribution >= 0.6 is 0 Å². The van der Waals surface area contributed by atoms with Crippen molar-refractivity contribution in [2.45, 2.75) is 59.8 Å². The van der Waals surface area contributed by atoms with Crippen LogP contribution in [0, 0.1) is 23.7 Å². The van der Waals surface area contributed by atoms with Gasteiger partial charge in [0, 0.05) is 0 Å². The third-order valence-corrected chi connectivity index (χ3v) is 4.94. The Kier molecular flexibility index (Phi) is 3.23. The first-order valence-electron chi connectivity index (χ1n) is 6.78. The Hall–Kier alpha value is -0.260. The van der Waals surface area contributed by atoms with Gasteiger partial charge in [-0.25, -0.2) is 0 Å². The van der Waals surface area contributed by atoms with Crippen LogP contribution in [-0.4, -0.2) is 0 Å². The lowest BCUT2D eigenvalue weighted by Gasteiger charge is -2.24. The van der Waals surface area contributed by atoms with Crippen molar-refractivity contribution in [2.24, 2.45) is 23.7 Å². The average molecular weight is 206 g/mol. The molecule has 2 aliphatic rings. The van der Waals surface area contributed by atoms with Gasteiger partial charge >= 0.3 is 0 Å². The maximum atomic E-state index is 2.47. The number of hydrogen-bond acceptors (Lipinski definition) is 0. The molecule has 0 heterocycles. The van der Waals surface area contributed by atoms with Gasteiger partial charge in [-0.1, -0.05) is 31.9 Å². The summed E-state index contributed by atoms with van der Waals surface area (Å²) in [6.45, 7) is 9.67. The minimum atomic E-state index is 0.880. The summed E-state index contributed by atoms with van der Waals surface area (Å²) in [6.07, 6.45) is 7.15. The summed E-state index contributed by atoms with van der Waals surface area (Å²) in [6, 6.07) is 0. The molecule has 1 saturated carbocycles. The lowest BCUT2D eigenvalue weighted by atomic mass is 9.81. The van der Waals surface area contributed by atoms with E-state index in [9.17, 15) is 0 Å². The maximum absolute atomic E-state index is 2.47. The summed E-state index contributed by atoms with van der Waals surface area (Å²) in [5.74, 6) is 3.75. The molecule has 0 spiro atoms. The second kappa shape index (κ2) is 4.31. The molecule has 1 fully saturated rings. The smallest absolute Gasteiger partial charge is 0.0172 e. The lowest BCUT2D eigenvalue weighted by molar-refractivity contribution is 0.280. The third-order valence-electron chi connectivity index (χ3n) is 4.94. The van der Waals surface area contributed by atoms with E-state index in [1.165, 1.54) is 32.1 Å². The van der Waals surface area contributed by atoms with E-state index in [-0.39, 0.29) is 0 Å². The lowest BCUT2D eigenvalue weighted by Crippen LogP contribution is -2.15. The Morgan fingerprint density at radius 2 is 1.87 bits per heavy atom. The molecule has 2 aliphatic carbocycles. The molecule has 15 heavy (non-hydrogen) atoms. The molecule has 0 aromatic carbocycles. The van der Waals surface area contributed by atoms with Gasteiger partial charge in [-0.3, -0.25) is 0 Å². The Morgan fingerprint density at radius 1 is 1.13 bits per heavy atom. The van der Waals surface area contributed by atoms with Gasteiger partial charge in [0.2, 0.25) is 0 Å². The van der Waals surface area contributed by atoms with Crippen molar-refractivity contribution in [1.82, 2.24) is 0 Å². The molecular weight excluding hydrogens is 180 g/mol. The molecule has 2 rings (SSSR count). The Balaban J connectivity index is 2.18. The summed E-state index contributed by atoms with van der Waals surface area (Å²) >= 11 is 0. The van der Waals surface area contributed by atoms with Crippen LogP contribution in [0.3, 0.4) is 0 Å². The largest absolute Gasteiger partial charge is 0.0738 e. The predicted octanol–water partition coefficient (Wildman–Crippen LogP) is 4.81. The molecular formula is C15H26. The monoisotopic (exact) mass is 206 g/mol. The molecule has 0 saturated heterocycles. The van der Waals surface area contributed by atoms with Crippen molar-refractivity contribution in [1.29, 1.82) is 0 Å². The van der Waals surface area contributed by atoms with E-state index < -0.39 is 0 Å². The van der Waals surface area contributed by atoms with Gasteiger partial charge in [-0.2, -0.15) is 0 Å². The fraction of sp³-hybridized carbons (Fsp3) is 0.867. The molecule has 0 nitrogen and oxygen atoms in total. The molecule has 0 N–H and O–H groups in total. The highest BCUT2D eigenvalue weighted by Crippen LogP contribution is 2.46. The molecule has 0 heteroatoms. The van der Waals surface area contributed by atoms with E-state index in [4.69, 9.17) is 0 Å². The van der Waals surface area contributed by atoms with Crippen LogP contribution in [0.4, 0.5) is 0 Å². The molecule has 0 aromatic rings. The van der Waals surface area contributed by atoms with Crippen molar-refractivity contribution in [2.75, 3.05) is 0 Å². The second-order valence-corrected chi connectivity index (χ2v) is 6.21. The number of hydrogen-bond donors (Lipinski definition) is 0. The molecule has 0 aromatic heterocycles. The first-order chi connectivity index (χ1) is 7.09. The molecule has 3 unspecified atom stereocenters. The van der Waals surface area contributed by atoms with Crippen molar-refractivity contribution in [3.63, 3.8) is 0 Å². The molecule has 0 amide bonds. The van der Waals surface area contributed by atoms with Crippen LogP contribution < -0.4 is 0 Å². The zero-order valence-corrected chi connectivity index (χ0v) is 10.8. The van der Waals surface area contributed by atoms with Gasteiger partial charge in [0.15, 0.2) is 0 Å². The Labute approximate surface area is 95.1 Å². The fourth-order valence-electron chi connectivity index (χ4n) is 3.63. The van der Waals surface area contributed by atoms with E-state index in [2.05, 4.69) is 27.7 Å². The van der Waals surface area contributed by atoms with Gasteiger partial charge in [-0.05, 0) is 62.7 Å². The molecule has 86 valence electrons.